The molecule has 1 aromatic heterocycles. The average Bonchev–Trinajstić information content (AvgIpc) is 3.03. The van der Waals surface area contributed by atoms with Crippen molar-refractivity contribution in [3.8, 4) is 0 Å². The predicted molar refractivity (Wildman–Crippen MR) is 69.5 cm³/mol. The van der Waals surface area contributed by atoms with Crippen molar-refractivity contribution in [1.82, 2.24) is 4.98 Å². The molecule has 5 nitrogen and oxygen atoms in total. The highest BCUT2D eigenvalue weighted by atomic mass is 32.1. The molecule has 6 heteroatoms. The van der Waals surface area contributed by atoms with Crippen LogP contribution in [0.1, 0.15) is 37.4 Å². The second-order valence-electron chi connectivity index (χ2n) is 5.32. The Morgan fingerprint density at radius 2 is 2.39 bits per heavy atom. The van der Waals surface area contributed by atoms with E-state index in [-0.39, 0.29) is 0 Å². The molecule has 2 saturated carbocycles. The number of rotatable bonds is 4. The maximum atomic E-state index is 10.8. The van der Waals surface area contributed by atoms with E-state index in [0.717, 1.165) is 17.0 Å². The molecule has 4 N–H and O–H groups in total. The summed E-state index contributed by atoms with van der Waals surface area (Å²) in [6.07, 6.45) is 5.25. The largest absolute Gasteiger partial charge is 0.480 e. The van der Waals surface area contributed by atoms with Gasteiger partial charge in [-0.2, -0.15) is 0 Å². The highest BCUT2D eigenvalue weighted by Crippen LogP contribution is 2.45. The van der Waals surface area contributed by atoms with Gasteiger partial charge in [-0.25, -0.2) is 4.98 Å². The summed E-state index contributed by atoms with van der Waals surface area (Å²) >= 11 is 1.44. The first-order chi connectivity index (χ1) is 8.63. The Morgan fingerprint density at radius 3 is 3.00 bits per heavy atom. The number of thiazole rings is 1. The second-order valence-corrected chi connectivity index (χ2v) is 6.18. The molecule has 1 aromatic rings. The summed E-state index contributed by atoms with van der Waals surface area (Å²) in [7, 11) is 0. The Kier molecular flexibility index (Phi) is 2.99. The summed E-state index contributed by atoms with van der Waals surface area (Å²) in [5.41, 5.74) is 5.98. The number of nitrogens with zero attached hydrogens (tertiary/aromatic N) is 1. The van der Waals surface area contributed by atoms with Crippen molar-refractivity contribution in [2.75, 3.05) is 5.32 Å². The fourth-order valence-electron chi connectivity index (χ4n) is 3.20. The molecule has 4 atom stereocenters. The zero-order chi connectivity index (χ0) is 12.7. The Morgan fingerprint density at radius 1 is 1.56 bits per heavy atom. The van der Waals surface area contributed by atoms with Crippen molar-refractivity contribution >= 4 is 22.4 Å². The van der Waals surface area contributed by atoms with Crippen LogP contribution in [0.25, 0.3) is 0 Å². The van der Waals surface area contributed by atoms with E-state index in [0.29, 0.717) is 11.7 Å². The molecular weight excluding hydrogens is 250 g/mol. The van der Waals surface area contributed by atoms with E-state index < -0.39 is 12.0 Å². The fourth-order valence-corrected chi connectivity index (χ4v) is 4.01. The first kappa shape index (κ1) is 11.9. The van der Waals surface area contributed by atoms with Gasteiger partial charge in [0.25, 0.3) is 0 Å². The number of anilines is 1. The van der Waals surface area contributed by atoms with Crippen LogP contribution in [0.15, 0.2) is 5.38 Å². The molecule has 2 aliphatic carbocycles. The van der Waals surface area contributed by atoms with E-state index in [1.807, 2.05) is 0 Å². The summed E-state index contributed by atoms with van der Waals surface area (Å²) in [4.78, 5) is 15.1. The summed E-state index contributed by atoms with van der Waals surface area (Å²) in [5.74, 6) is 0.621. The molecule has 2 bridgehead atoms. The van der Waals surface area contributed by atoms with E-state index in [1.165, 1.54) is 37.0 Å². The number of fused-ring (bicyclic) bond motifs is 2. The average molecular weight is 267 g/mol. The number of nitrogens with one attached hydrogen (secondary N) is 1. The topological polar surface area (TPSA) is 88.2 Å². The highest BCUT2D eigenvalue weighted by Gasteiger charge is 2.39. The van der Waals surface area contributed by atoms with Gasteiger partial charge < -0.3 is 16.2 Å². The third kappa shape index (κ3) is 2.10. The van der Waals surface area contributed by atoms with Crippen molar-refractivity contribution < 1.29 is 9.90 Å². The van der Waals surface area contributed by atoms with Crippen molar-refractivity contribution in [3.05, 3.63) is 11.1 Å². The standard InChI is InChI=1S/C12H17N3O2S/c13-10(11(16)17)9-5-18-12(15-9)14-8-4-6-1-2-7(8)3-6/h5-8,10H,1-4,13H2,(H,14,15)(H,16,17). The minimum Gasteiger partial charge on any atom is -0.480 e. The number of carbonyl (C=O) groups is 1. The molecule has 0 spiro atoms. The summed E-state index contributed by atoms with van der Waals surface area (Å²) in [6, 6.07) is -0.499. The lowest BCUT2D eigenvalue weighted by atomic mass is 9.96. The molecule has 0 saturated heterocycles. The van der Waals surface area contributed by atoms with Gasteiger partial charge in [0.1, 0.15) is 6.04 Å². The van der Waals surface area contributed by atoms with Gasteiger partial charge in [0.15, 0.2) is 5.13 Å². The molecule has 18 heavy (non-hydrogen) atoms. The van der Waals surface area contributed by atoms with Crippen molar-refractivity contribution in [1.29, 1.82) is 0 Å². The molecule has 0 amide bonds. The lowest BCUT2D eigenvalue weighted by Crippen LogP contribution is -2.26. The van der Waals surface area contributed by atoms with Crippen LogP contribution in [-0.2, 0) is 4.79 Å². The van der Waals surface area contributed by atoms with E-state index in [4.69, 9.17) is 10.8 Å². The maximum absolute atomic E-state index is 10.8. The number of hydrogen-bond acceptors (Lipinski definition) is 5. The molecule has 2 fully saturated rings. The van der Waals surface area contributed by atoms with Crippen molar-refractivity contribution in [3.63, 3.8) is 0 Å². The molecule has 0 radical (unpaired) electrons. The van der Waals surface area contributed by atoms with Gasteiger partial charge in [-0.05, 0) is 31.1 Å². The number of aliphatic carboxylic acids is 1. The smallest absolute Gasteiger partial charge is 0.326 e. The number of nitrogens with two attached hydrogens (primary N) is 1. The third-order valence-electron chi connectivity index (χ3n) is 4.15. The number of hydrogen-bond donors (Lipinski definition) is 3. The lowest BCUT2D eigenvalue weighted by molar-refractivity contribution is -0.138. The van der Waals surface area contributed by atoms with E-state index in [1.54, 1.807) is 5.38 Å². The van der Waals surface area contributed by atoms with Crippen molar-refractivity contribution in [2.45, 2.75) is 37.8 Å². The van der Waals surface area contributed by atoms with Gasteiger partial charge in [-0.3, -0.25) is 4.79 Å². The van der Waals surface area contributed by atoms with Crippen LogP contribution in [0.5, 0.6) is 0 Å². The monoisotopic (exact) mass is 267 g/mol. The van der Waals surface area contributed by atoms with E-state index in [9.17, 15) is 4.79 Å². The molecule has 0 aliphatic heterocycles. The number of carboxylic acids is 1. The third-order valence-corrected chi connectivity index (χ3v) is 4.95. The Hall–Kier alpha value is -1.14. The van der Waals surface area contributed by atoms with Gasteiger partial charge in [0.05, 0.1) is 5.69 Å². The Labute approximate surface area is 109 Å². The quantitative estimate of drug-likeness (QED) is 0.774. The number of carboxylic acid groups (broad SMARTS) is 1. The summed E-state index contributed by atoms with van der Waals surface area (Å²) in [5, 5.41) is 14.8. The van der Waals surface area contributed by atoms with Gasteiger partial charge in [0, 0.05) is 11.4 Å². The fraction of sp³-hybridized carbons (Fsp3) is 0.667. The van der Waals surface area contributed by atoms with Gasteiger partial charge in [-0.15, -0.1) is 11.3 Å². The first-order valence-electron chi connectivity index (χ1n) is 6.34. The van der Waals surface area contributed by atoms with Crippen LogP contribution in [0.3, 0.4) is 0 Å². The summed E-state index contributed by atoms with van der Waals surface area (Å²) in [6.45, 7) is 0. The zero-order valence-electron chi connectivity index (χ0n) is 10.0. The molecule has 4 unspecified atom stereocenters. The van der Waals surface area contributed by atoms with Gasteiger partial charge in [0.2, 0.25) is 0 Å². The van der Waals surface area contributed by atoms with Gasteiger partial charge in [-0.1, -0.05) is 6.42 Å². The molecule has 1 heterocycles. The molecule has 0 aromatic carbocycles. The van der Waals surface area contributed by atoms with Crippen LogP contribution in [0.4, 0.5) is 5.13 Å². The van der Waals surface area contributed by atoms with Crippen LogP contribution in [-0.4, -0.2) is 22.1 Å². The van der Waals surface area contributed by atoms with Gasteiger partial charge >= 0.3 is 5.97 Å². The van der Waals surface area contributed by atoms with Crippen LogP contribution in [0.2, 0.25) is 0 Å². The lowest BCUT2D eigenvalue weighted by Gasteiger charge is -2.22. The molecule has 98 valence electrons. The number of aromatic nitrogens is 1. The van der Waals surface area contributed by atoms with E-state index >= 15 is 0 Å². The second kappa shape index (κ2) is 4.51. The Balaban J connectivity index is 1.65. The molecular formula is C12H17N3O2S. The molecule has 2 aliphatic rings. The highest BCUT2D eigenvalue weighted by molar-refractivity contribution is 7.13. The van der Waals surface area contributed by atoms with Crippen LogP contribution < -0.4 is 11.1 Å². The predicted octanol–water partition coefficient (Wildman–Crippen LogP) is 1.83. The minimum absolute atomic E-state index is 0.443. The normalized spacial score (nSPS) is 31.5. The molecule has 3 rings (SSSR count). The maximum Gasteiger partial charge on any atom is 0.326 e. The first-order valence-corrected chi connectivity index (χ1v) is 7.22. The SMILES string of the molecule is NC(C(=O)O)c1csc(NC2CC3CCC2C3)n1. The minimum atomic E-state index is -1.04. The Bertz CT molecular complexity index is 462. The summed E-state index contributed by atoms with van der Waals surface area (Å²) < 4.78 is 0. The zero-order valence-corrected chi connectivity index (χ0v) is 10.8. The van der Waals surface area contributed by atoms with Crippen LogP contribution in [0, 0.1) is 11.8 Å². The van der Waals surface area contributed by atoms with Crippen LogP contribution >= 0.6 is 11.3 Å². The van der Waals surface area contributed by atoms with Crippen molar-refractivity contribution in [2.24, 2.45) is 17.6 Å². The van der Waals surface area contributed by atoms with E-state index in [2.05, 4.69) is 10.3 Å².